The van der Waals surface area contributed by atoms with Gasteiger partial charge in [-0.1, -0.05) is 25.4 Å². The van der Waals surface area contributed by atoms with E-state index in [1.807, 2.05) is 6.07 Å². The molecule has 0 unspecified atom stereocenters. The summed E-state index contributed by atoms with van der Waals surface area (Å²) in [5, 5.41) is 12.4. The van der Waals surface area contributed by atoms with Crippen LogP contribution in [0.4, 0.5) is 5.69 Å². The number of nitrogens with two attached hydrogens (primary N) is 1. The molecule has 0 fully saturated rings. The van der Waals surface area contributed by atoms with Crippen LogP contribution >= 0.6 is 11.6 Å². The van der Waals surface area contributed by atoms with Gasteiger partial charge in [-0.25, -0.2) is 4.68 Å². The van der Waals surface area contributed by atoms with Crippen molar-refractivity contribution in [2.24, 2.45) is 5.92 Å². The summed E-state index contributed by atoms with van der Waals surface area (Å²) >= 11 is 6.19. The molecule has 0 aliphatic carbocycles. The number of nitrogens with zero attached hydrogens (tertiary/aromatic N) is 4. The SMILES string of the molecule is CC(C)CCCn1nnnc1-c1ccc(N)cc1Cl. The molecule has 2 N–H and O–H groups in total. The summed E-state index contributed by atoms with van der Waals surface area (Å²) in [5.74, 6) is 1.37. The molecule has 1 aromatic heterocycles. The van der Waals surface area contributed by atoms with Crippen LogP contribution in [0.25, 0.3) is 11.4 Å². The van der Waals surface area contributed by atoms with Crippen molar-refractivity contribution in [3.8, 4) is 11.4 Å². The Balaban J connectivity index is 2.19. The number of hydrogen-bond donors (Lipinski definition) is 1. The summed E-state index contributed by atoms with van der Waals surface area (Å²) in [4.78, 5) is 0. The second-order valence-corrected chi connectivity index (χ2v) is 5.41. The third-order valence-electron chi connectivity index (χ3n) is 2.92. The molecule has 0 bridgehead atoms. The van der Waals surface area contributed by atoms with Gasteiger partial charge >= 0.3 is 0 Å². The molecule has 19 heavy (non-hydrogen) atoms. The predicted octanol–water partition coefficient (Wildman–Crippen LogP) is 3.01. The molecule has 5 nitrogen and oxygen atoms in total. The Morgan fingerprint density at radius 3 is 2.84 bits per heavy atom. The summed E-state index contributed by atoms with van der Waals surface area (Å²) in [6.45, 7) is 5.20. The molecule has 0 aliphatic heterocycles. The first kappa shape index (κ1) is 13.8. The molecule has 0 aliphatic rings. The van der Waals surface area contributed by atoms with Gasteiger partial charge in [0, 0.05) is 17.8 Å². The van der Waals surface area contributed by atoms with Gasteiger partial charge in [0.1, 0.15) is 0 Å². The average Bonchev–Trinajstić information content (AvgIpc) is 2.77. The van der Waals surface area contributed by atoms with Crippen molar-refractivity contribution in [1.82, 2.24) is 20.2 Å². The molecule has 1 heterocycles. The van der Waals surface area contributed by atoms with Crippen molar-refractivity contribution in [3.63, 3.8) is 0 Å². The second kappa shape index (κ2) is 6.02. The zero-order valence-electron chi connectivity index (χ0n) is 11.2. The molecule has 0 radical (unpaired) electrons. The van der Waals surface area contributed by atoms with Crippen molar-refractivity contribution in [1.29, 1.82) is 0 Å². The van der Waals surface area contributed by atoms with Crippen LogP contribution in [-0.4, -0.2) is 20.2 Å². The zero-order valence-corrected chi connectivity index (χ0v) is 11.9. The molecule has 102 valence electrons. The van der Waals surface area contributed by atoms with Gasteiger partial charge in [-0.2, -0.15) is 0 Å². The standard InChI is InChI=1S/C13H18ClN5/c1-9(2)4-3-7-19-13(16-17-18-19)11-6-5-10(15)8-12(11)14/h5-6,8-9H,3-4,7,15H2,1-2H3. The van der Waals surface area contributed by atoms with E-state index in [2.05, 4.69) is 29.4 Å². The van der Waals surface area contributed by atoms with Crippen LogP contribution in [0.1, 0.15) is 26.7 Å². The van der Waals surface area contributed by atoms with E-state index in [0.29, 0.717) is 22.5 Å². The summed E-state index contributed by atoms with van der Waals surface area (Å²) < 4.78 is 1.79. The minimum absolute atomic E-state index is 0.569. The number of nitrogen functional groups attached to an aromatic ring is 1. The first-order valence-corrected chi connectivity index (χ1v) is 6.77. The lowest BCUT2D eigenvalue weighted by Gasteiger charge is -2.08. The van der Waals surface area contributed by atoms with Gasteiger partial charge in [-0.3, -0.25) is 0 Å². The quantitative estimate of drug-likeness (QED) is 0.854. The Hall–Kier alpha value is -1.62. The molecular formula is C13H18ClN5. The van der Waals surface area contributed by atoms with E-state index >= 15 is 0 Å². The van der Waals surface area contributed by atoms with Gasteiger partial charge < -0.3 is 5.73 Å². The Morgan fingerprint density at radius 1 is 1.37 bits per heavy atom. The number of hydrogen-bond acceptors (Lipinski definition) is 4. The zero-order chi connectivity index (χ0) is 13.8. The van der Waals surface area contributed by atoms with Gasteiger partial charge in [0.2, 0.25) is 0 Å². The smallest absolute Gasteiger partial charge is 0.183 e. The molecule has 2 aromatic rings. The number of rotatable bonds is 5. The van der Waals surface area contributed by atoms with Crippen molar-refractivity contribution in [2.45, 2.75) is 33.2 Å². The maximum absolute atomic E-state index is 6.19. The molecule has 0 saturated carbocycles. The highest BCUT2D eigenvalue weighted by atomic mass is 35.5. The number of aromatic nitrogens is 4. The number of halogens is 1. The van der Waals surface area contributed by atoms with E-state index < -0.39 is 0 Å². The third kappa shape index (κ3) is 3.44. The monoisotopic (exact) mass is 279 g/mol. The fraction of sp³-hybridized carbons (Fsp3) is 0.462. The van der Waals surface area contributed by atoms with Crippen molar-refractivity contribution in [3.05, 3.63) is 23.2 Å². The van der Waals surface area contributed by atoms with E-state index in [0.717, 1.165) is 24.9 Å². The molecule has 0 amide bonds. The van der Waals surface area contributed by atoms with Gasteiger partial charge in [0.25, 0.3) is 0 Å². The van der Waals surface area contributed by atoms with Crippen LogP contribution in [0.5, 0.6) is 0 Å². The van der Waals surface area contributed by atoms with Crippen molar-refractivity contribution < 1.29 is 0 Å². The van der Waals surface area contributed by atoms with Gasteiger partial charge in [-0.05, 0) is 47.4 Å². The van der Waals surface area contributed by atoms with Crippen molar-refractivity contribution >= 4 is 17.3 Å². The van der Waals surface area contributed by atoms with Crippen LogP contribution in [-0.2, 0) is 6.54 Å². The van der Waals surface area contributed by atoms with Crippen LogP contribution in [0, 0.1) is 5.92 Å². The van der Waals surface area contributed by atoms with Crippen LogP contribution < -0.4 is 5.73 Å². The molecule has 6 heteroatoms. The number of tetrazole rings is 1. The molecule has 0 saturated heterocycles. The maximum atomic E-state index is 6.19. The lowest BCUT2D eigenvalue weighted by molar-refractivity contribution is 0.485. The number of anilines is 1. The lowest BCUT2D eigenvalue weighted by atomic mass is 10.1. The molecular weight excluding hydrogens is 262 g/mol. The first-order valence-electron chi connectivity index (χ1n) is 6.39. The lowest BCUT2D eigenvalue weighted by Crippen LogP contribution is -2.04. The van der Waals surface area contributed by atoms with E-state index in [9.17, 15) is 0 Å². The third-order valence-corrected chi connectivity index (χ3v) is 3.23. The number of aryl methyl sites for hydroxylation is 1. The van der Waals surface area contributed by atoms with Gasteiger partial charge in [-0.15, -0.1) is 5.10 Å². The minimum atomic E-state index is 0.569. The van der Waals surface area contributed by atoms with E-state index in [4.69, 9.17) is 17.3 Å². The highest BCUT2D eigenvalue weighted by Gasteiger charge is 2.12. The predicted molar refractivity (Wildman–Crippen MR) is 76.7 cm³/mol. The molecule has 1 aromatic carbocycles. The molecule has 2 rings (SSSR count). The molecule has 0 spiro atoms. The normalized spacial score (nSPS) is 11.2. The summed E-state index contributed by atoms with van der Waals surface area (Å²) in [6, 6.07) is 5.36. The Kier molecular flexibility index (Phi) is 4.37. The van der Waals surface area contributed by atoms with Gasteiger partial charge in [0.05, 0.1) is 5.02 Å². The molecule has 0 atom stereocenters. The minimum Gasteiger partial charge on any atom is -0.399 e. The fourth-order valence-corrected chi connectivity index (χ4v) is 2.18. The second-order valence-electron chi connectivity index (χ2n) is 5.00. The largest absolute Gasteiger partial charge is 0.399 e. The first-order chi connectivity index (χ1) is 9.08. The average molecular weight is 280 g/mol. The van der Waals surface area contributed by atoms with Gasteiger partial charge in [0.15, 0.2) is 5.82 Å². The highest BCUT2D eigenvalue weighted by Crippen LogP contribution is 2.27. The van der Waals surface area contributed by atoms with Crippen molar-refractivity contribution in [2.75, 3.05) is 5.73 Å². The van der Waals surface area contributed by atoms with Crippen LogP contribution in [0.15, 0.2) is 18.2 Å². The Morgan fingerprint density at radius 2 is 2.16 bits per heavy atom. The van der Waals surface area contributed by atoms with Crippen LogP contribution in [0.2, 0.25) is 5.02 Å². The maximum Gasteiger partial charge on any atom is 0.183 e. The number of benzene rings is 1. The van der Waals surface area contributed by atoms with E-state index in [-0.39, 0.29) is 0 Å². The topological polar surface area (TPSA) is 69.6 Å². The summed E-state index contributed by atoms with van der Waals surface area (Å²) in [6.07, 6.45) is 2.19. The fourth-order valence-electron chi connectivity index (χ4n) is 1.91. The summed E-state index contributed by atoms with van der Waals surface area (Å²) in [7, 11) is 0. The Labute approximate surface area is 117 Å². The summed E-state index contributed by atoms with van der Waals surface area (Å²) in [5.41, 5.74) is 7.13. The van der Waals surface area contributed by atoms with E-state index in [1.165, 1.54) is 0 Å². The van der Waals surface area contributed by atoms with Crippen LogP contribution in [0.3, 0.4) is 0 Å². The Bertz CT molecular complexity index is 550. The highest BCUT2D eigenvalue weighted by molar-refractivity contribution is 6.33. The van der Waals surface area contributed by atoms with E-state index in [1.54, 1.807) is 16.8 Å².